The Kier molecular flexibility index (Phi) is 3.55. The van der Waals surface area contributed by atoms with Gasteiger partial charge in [-0.15, -0.1) is 11.3 Å². The monoisotopic (exact) mass is 303 g/mol. The first-order chi connectivity index (χ1) is 10.3. The van der Waals surface area contributed by atoms with Crippen molar-refractivity contribution in [3.05, 3.63) is 33.7 Å². The number of fused-ring (bicyclic) bond motifs is 2. The fourth-order valence-corrected chi connectivity index (χ4v) is 4.84. The van der Waals surface area contributed by atoms with E-state index in [1.54, 1.807) is 16.7 Å². The molecule has 112 valence electrons. The summed E-state index contributed by atoms with van der Waals surface area (Å²) in [5.41, 5.74) is 0.988. The lowest BCUT2D eigenvalue weighted by atomic mass is 9.78. The van der Waals surface area contributed by atoms with Crippen LogP contribution in [0, 0.1) is 5.92 Å². The third kappa shape index (κ3) is 2.53. The SMILES string of the molecule is O=c1cc(CN2CCC[C@@H]3CCCC[C@H]32)nc2sccn12. The van der Waals surface area contributed by atoms with Gasteiger partial charge in [0, 0.05) is 30.2 Å². The van der Waals surface area contributed by atoms with E-state index in [4.69, 9.17) is 0 Å². The number of aromatic nitrogens is 2. The van der Waals surface area contributed by atoms with Gasteiger partial charge in [-0.2, -0.15) is 0 Å². The van der Waals surface area contributed by atoms with Gasteiger partial charge in [0.15, 0.2) is 4.96 Å². The van der Waals surface area contributed by atoms with Crippen molar-refractivity contribution >= 4 is 16.3 Å². The van der Waals surface area contributed by atoms with Crippen molar-refractivity contribution in [1.82, 2.24) is 14.3 Å². The predicted octanol–water partition coefficient (Wildman–Crippen LogP) is 2.91. The summed E-state index contributed by atoms with van der Waals surface area (Å²) in [6, 6.07) is 2.43. The molecule has 0 unspecified atom stereocenters. The van der Waals surface area contributed by atoms with E-state index in [-0.39, 0.29) is 5.56 Å². The van der Waals surface area contributed by atoms with Gasteiger partial charge in [-0.05, 0) is 38.1 Å². The van der Waals surface area contributed by atoms with E-state index in [1.807, 2.05) is 5.38 Å². The Morgan fingerprint density at radius 3 is 3.05 bits per heavy atom. The molecule has 0 amide bonds. The third-order valence-electron chi connectivity index (χ3n) is 5.08. The zero-order valence-electron chi connectivity index (χ0n) is 12.2. The van der Waals surface area contributed by atoms with Crippen molar-refractivity contribution in [2.45, 2.75) is 51.1 Å². The summed E-state index contributed by atoms with van der Waals surface area (Å²) in [6.07, 6.45) is 9.96. The highest BCUT2D eigenvalue weighted by Crippen LogP contribution is 2.35. The maximum Gasteiger partial charge on any atom is 0.258 e. The van der Waals surface area contributed by atoms with Crippen molar-refractivity contribution in [1.29, 1.82) is 0 Å². The van der Waals surface area contributed by atoms with Gasteiger partial charge < -0.3 is 0 Å². The number of thiazole rings is 1. The molecule has 4 nitrogen and oxygen atoms in total. The number of piperidine rings is 1. The molecule has 2 fully saturated rings. The first kappa shape index (κ1) is 13.5. The van der Waals surface area contributed by atoms with E-state index >= 15 is 0 Å². The zero-order chi connectivity index (χ0) is 14.2. The fourth-order valence-electron chi connectivity index (χ4n) is 4.10. The van der Waals surface area contributed by atoms with Crippen LogP contribution >= 0.6 is 11.3 Å². The molecule has 3 heterocycles. The molecule has 21 heavy (non-hydrogen) atoms. The second kappa shape index (κ2) is 5.54. The number of nitrogens with zero attached hydrogens (tertiary/aromatic N) is 3. The highest BCUT2D eigenvalue weighted by Gasteiger charge is 2.33. The molecule has 0 radical (unpaired) electrons. The molecule has 2 aromatic heterocycles. The number of hydrogen-bond donors (Lipinski definition) is 0. The minimum atomic E-state index is 0.0495. The third-order valence-corrected chi connectivity index (χ3v) is 5.84. The average Bonchev–Trinajstić information content (AvgIpc) is 2.97. The molecule has 0 spiro atoms. The number of likely N-dealkylation sites (tertiary alicyclic amines) is 1. The summed E-state index contributed by atoms with van der Waals surface area (Å²) in [4.78, 5) is 20.2. The first-order valence-corrected chi connectivity index (χ1v) is 8.89. The summed E-state index contributed by atoms with van der Waals surface area (Å²) in [7, 11) is 0. The first-order valence-electron chi connectivity index (χ1n) is 8.01. The van der Waals surface area contributed by atoms with Crippen LogP contribution in [0.15, 0.2) is 22.4 Å². The van der Waals surface area contributed by atoms with Crippen LogP contribution in [0.3, 0.4) is 0 Å². The molecule has 2 atom stereocenters. The summed E-state index contributed by atoms with van der Waals surface area (Å²) in [6.45, 7) is 2.00. The highest BCUT2D eigenvalue weighted by atomic mass is 32.1. The normalized spacial score (nSPS) is 26.9. The second-order valence-corrected chi connectivity index (χ2v) is 7.24. The Bertz CT molecular complexity index is 690. The van der Waals surface area contributed by atoms with Gasteiger partial charge >= 0.3 is 0 Å². The van der Waals surface area contributed by atoms with Crippen molar-refractivity contribution in [3.8, 4) is 0 Å². The van der Waals surface area contributed by atoms with Crippen LogP contribution in [0.4, 0.5) is 0 Å². The van der Waals surface area contributed by atoms with Crippen LogP contribution in [0.5, 0.6) is 0 Å². The van der Waals surface area contributed by atoms with Crippen LogP contribution in [-0.4, -0.2) is 26.9 Å². The Morgan fingerprint density at radius 1 is 1.24 bits per heavy atom. The van der Waals surface area contributed by atoms with Crippen molar-refractivity contribution in [2.24, 2.45) is 5.92 Å². The molecule has 1 aliphatic carbocycles. The van der Waals surface area contributed by atoms with E-state index in [0.29, 0.717) is 0 Å². The Balaban J connectivity index is 1.59. The molecule has 0 N–H and O–H groups in total. The maximum absolute atomic E-state index is 12.1. The Hall–Kier alpha value is -1.20. The van der Waals surface area contributed by atoms with Crippen molar-refractivity contribution in [2.75, 3.05) is 6.54 Å². The fraction of sp³-hybridized carbons (Fsp3) is 0.625. The number of hydrogen-bond acceptors (Lipinski definition) is 4. The van der Waals surface area contributed by atoms with Gasteiger partial charge in [-0.1, -0.05) is 12.8 Å². The average molecular weight is 303 g/mol. The lowest BCUT2D eigenvalue weighted by Crippen LogP contribution is -2.46. The molecular formula is C16H21N3OS. The summed E-state index contributed by atoms with van der Waals surface area (Å²) in [5.74, 6) is 0.874. The topological polar surface area (TPSA) is 37.6 Å². The van der Waals surface area contributed by atoms with Gasteiger partial charge in [-0.3, -0.25) is 14.1 Å². The van der Waals surface area contributed by atoms with E-state index in [2.05, 4.69) is 9.88 Å². The zero-order valence-corrected chi connectivity index (χ0v) is 13.0. The van der Waals surface area contributed by atoms with Gasteiger partial charge in [0.25, 0.3) is 5.56 Å². The predicted molar refractivity (Wildman–Crippen MR) is 84.7 cm³/mol. The molecule has 0 aromatic carbocycles. The molecule has 0 bridgehead atoms. The van der Waals surface area contributed by atoms with E-state index in [0.717, 1.165) is 35.7 Å². The minimum absolute atomic E-state index is 0.0495. The van der Waals surface area contributed by atoms with E-state index in [9.17, 15) is 4.79 Å². The maximum atomic E-state index is 12.1. The van der Waals surface area contributed by atoms with Gasteiger partial charge in [-0.25, -0.2) is 4.98 Å². The van der Waals surface area contributed by atoms with Crippen molar-refractivity contribution < 1.29 is 0 Å². The molecule has 2 aromatic rings. The lowest BCUT2D eigenvalue weighted by Gasteiger charge is -2.44. The van der Waals surface area contributed by atoms with E-state index < -0.39 is 0 Å². The minimum Gasteiger partial charge on any atom is -0.294 e. The van der Waals surface area contributed by atoms with Crippen molar-refractivity contribution in [3.63, 3.8) is 0 Å². The smallest absolute Gasteiger partial charge is 0.258 e. The molecule has 1 saturated heterocycles. The standard InChI is InChI=1S/C16H21N3OS/c20-15-10-13(17-16-19(15)8-9-21-16)11-18-7-3-5-12-4-1-2-6-14(12)18/h8-10,12,14H,1-7,11H2/t12-,14+/m0/s1. The van der Waals surface area contributed by atoms with E-state index in [1.165, 1.54) is 49.9 Å². The Labute approximate surface area is 128 Å². The van der Waals surface area contributed by atoms with Crippen LogP contribution in [0.25, 0.3) is 4.96 Å². The number of rotatable bonds is 2. The summed E-state index contributed by atoms with van der Waals surface area (Å²) in [5, 5.41) is 1.92. The molecule has 5 heteroatoms. The lowest BCUT2D eigenvalue weighted by molar-refractivity contribution is 0.0537. The van der Waals surface area contributed by atoms with Crippen LogP contribution in [0.1, 0.15) is 44.2 Å². The molecule has 1 aliphatic heterocycles. The quantitative estimate of drug-likeness (QED) is 0.856. The van der Waals surface area contributed by atoms with Gasteiger partial charge in [0.1, 0.15) is 0 Å². The summed E-state index contributed by atoms with van der Waals surface area (Å²) < 4.78 is 1.63. The van der Waals surface area contributed by atoms with Crippen LogP contribution in [0.2, 0.25) is 0 Å². The van der Waals surface area contributed by atoms with Gasteiger partial charge in [0.05, 0.1) is 5.69 Å². The molecule has 2 aliphatic rings. The van der Waals surface area contributed by atoms with Gasteiger partial charge in [0.2, 0.25) is 0 Å². The highest BCUT2D eigenvalue weighted by molar-refractivity contribution is 7.15. The van der Waals surface area contributed by atoms with Crippen LogP contribution in [-0.2, 0) is 6.54 Å². The Morgan fingerprint density at radius 2 is 2.10 bits per heavy atom. The second-order valence-electron chi connectivity index (χ2n) is 6.37. The van der Waals surface area contributed by atoms with Crippen LogP contribution < -0.4 is 5.56 Å². The molecule has 1 saturated carbocycles. The molecule has 4 rings (SSSR count). The summed E-state index contributed by atoms with van der Waals surface area (Å²) >= 11 is 1.53. The molecular weight excluding hydrogens is 282 g/mol. The largest absolute Gasteiger partial charge is 0.294 e.